The third-order valence-corrected chi connectivity index (χ3v) is 3.65. The van der Waals surface area contributed by atoms with E-state index >= 15 is 0 Å². The van der Waals surface area contributed by atoms with E-state index in [4.69, 9.17) is 10.5 Å². The minimum atomic E-state index is -0.844. The van der Waals surface area contributed by atoms with Crippen molar-refractivity contribution in [2.24, 2.45) is 5.73 Å². The maximum atomic E-state index is 12.3. The van der Waals surface area contributed by atoms with Crippen LogP contribution in [-0.4, -0.2) is 39.7 Å². The fourth-order valence-electron chi connectivity index (χ4n) is 2.26. The Labute approximate surface area is 134 Å². The van der Waals surface area contributed by atoms with Gasteiger partial charge in [-0.15, -0.1) is 17.5 Å². The van der Waals surface area contributed by atoms with E-state index in [1.807, 2.05) is 24.3 Å². The van der Waals surface area contributed by atoms with Crippen molar-refractivity contribution in [2.45, 2.75) is 18.4 Å². The summed E-state index contributed by atoms with van der Waals surface area (Å²) >= 11 is 0. The number of halogens is 1. The molecular formula is C14H18ClN5O2. The number of anilines is 1. The van der Waals surface area contributed by atoms with Crippen LogP contribution in [0.3, 0.4) is 0 Å². The molecule has 1 aromatic heterocycles. The van der Waals surface area contributed by atoms with Crippen LogP contribution in [0, 0.1) is 0 Å². The van der Waals surface area contributed by atoms with E-state index in [9.17, 15) is 4.79 Å². The van der Waals surface area contributed by atoms with E-state index in [1.54, 1.807) is 17.1 Å². The Morgan fingerprint density at radius 3 is 2.55 bits per heavy atom. The lowest BCUT2D eigenvalue weighted by atomic mass is 9.90. The minimum Gasteiger partial charge on any atom is -0.381 e. The van der Waals surface area contributed by atoms with Crippen molar-refractivity contribution in [3.8, 4) is 5.69 Å². The Morgan fingerprint density at radius 2 is 1.95 bits per heavy atom. The Bertz CT molecular complexity index is 609. The van der Waals surface area contributed by atoms with Crippen molar-refractivity contribution in [3.05, 3.63) is 36.7 Å². The lowest BCUT2D eigenvalue weighted by molar-refractivity contribution is -0.124. The Kier molecular flexibility index (Phi) is 5.12. The number of nitrogens with two attached hydrogens (primary N) is 1. The molecule has 8 heteroatoms. The zero-order chi connectivity index (χ0) is 14.7. The Balaban J connectivity index is 0.00000176. The van der Waals surface area contributed by atoms with E-state index in [1.165, 1.54) is 0 Å². The summed E-state index contributed by atoms with van der Waals surface area (Å²) in [7, 11) is 0. The summed E-state index contributed by atoms with van der Waals surface area (Å²) < 4.78 is 6.89. The molecule has 0 bridgehead atoms. The molecule has 0 atom stereocenters. The zero-order valence-electron chi connectivity index (χ0n) is 11.9. The lowest BCUT2D eigenvalue weighted by Gasteiger charge is -2.31. The van der Waals surface area contributed by atoms with Crippen molar-refractivity contribution in [2.75, 3.05) is 18.5 Å². The van der Waals surface area contributed by atoms with E-state index < -0.39 is 5.54 Å². The van der Waals surface area contributed by atoms with Crippen LogP contribution in [0.25, 0.3) is 5.69 Å². The lowest BCUT2D eigenvalue weighted by Crippen LogP contribution is -2.54. The summed E-state index contributed by atoms with van der Waals surface area (Å²) in [6.45, 7) is 1.05. The summed E-state index contributed by atoms with van der Waals surface area (Å²) in [5, 5.41) is 10.5. The van der Waals surface area contributed by atoms with Crippen molar-refractivity contribution >= 4 is 24.0 Å². The predicted molar refractivity (Wildman–Crippen MR) is 84.2 cm³/mol. The number of rotatable bonds is 3. The predicted octanol–water partition coefficient (Wildman–Crippen LogP) is 1.14. The molecule has 22 heavy (non-hydrogen) atoms. The monoisotopic (exact) mass is 323 g/mol. The van der Waals surface area contributed by atoms with E-state index in [-0.39, 0.29) is 18.3 Å². The molecule has 1 saturated heterocycles. The maximum Gasteiger partial charge on any atom is 0.244 e. The quantitative estimate of drug-likeness (QED) is 0.883. The molecule has 1 aliphatic rings. The first-order valence-corrected chi connectivity index (χ1v) is 6.82. The molecule has 1 amide bonds. The van der Waals surface area contributed by atoms with Gasteiger partial charge in [-0.25, -0.2) is 4.68 Å². The zero-order valence-corrected chi connectivity index (χ0v) is 12.8. The van der Waals surface area contributed by atoms with Crippen LogP contribution in [0.15, 0.2) is 36.7 Å². The second-order valence-corrected chi connectivity index (χ2v) is 5.12. The van der Waals surface area contributed by atoms with E-state index in [2.05, 4.69) is 15.6 Å². The van der Waals surface area contributed by atoms with Gasteiger partial charge in [0.2, 0.25) is 5.91 Å². The van der Waals surface area contributed by atoms with Gasteiger partial charge in [0.1, 0.15) is 5.54 Å². The van der Waals surface area contributed by atoms with Gasteiger partial charge in [-0.1, -0.05) is 5.21 Å². The van der Waals surface area contributed by atoms with Gasteiger partial charge in [0.15, 0.2) is 0 Å². The van der Waals surface area contributed by atoms with Crippen LogP contribution in [0.5, 0.6) is 0 Å². The largest absolute Gasteiger partial charge is 0.381 e. The molecule has 1 aliphatic heterocycles. The molecule has 118 valence electrons. The fraction of sp³-hybridized carbons (Fsp3) is 0.357. The Hall–Kier alpha value is -1.96. The highest BCUT2D eigenvalue weighted by atomic mass is 35.5. The fourth-order valence-corrected chi connectivity index (χ4v) is 2.26. The highest BCUT2D eigenvalue weighted by Gasteiger charge is 2.35. The van der Waals surface area contributed by atoms with Gasteiger partial charge < -0.3 is 15.8 Å². The van der Waals surface area contributed by atoms with Crippen molar-refractivity contribution < 1.29 is 9.53 Å². The minimum absolute atomic E-state index is 0. The molecule has 0 aliphatic carbocycles. The molecule has 0 spiro atoms. The number of carbonyl (C=O) groups excluding carboxylic acids is 1. The van der Waals surface area contributed by atoms with Crippen LogP contribution in [0.4, 0.5) is 5.69 Å². The second kappa shape index (κ2) is 6.87. The molecule has 0 saturated carbocycles. The van der Waals surface area contributed by atoms with Gasteiger partial charge in [-0.3, -0.25) is 4.79 Å². The number of amides is 1. The SMILES string of the molecule is Cl.NC1(C(=O)Nc2ccc(-n3ccnn3)cc2)CCOCC1. The molecule has 0 radical (unpaired) electrons. The topological polar surface area (TPSA) is 95.1 Å². The average molecular weight is 324 g/mol. The summed E-state index contributed by atoms with van der Waals surface area (Å²) in [4.78, 5) is 12.3. The van der Waals surface area contributed by atoms with Crippen LogP contribution in [0.2, 0.25) is 0 Å². The number of nitrogens with one attached hydrogen (secondary N) is 1. The van der Waals surface area contributed by atoms with Gasteiger partial charge in [0.05, 0.1) is 18.1 Å². The molecular weight excluding hydrogens is 306 g/mol. The molecule has 3 N–H and O–H groups in total. The molecule has 3 rings (SSSR count). The van der Waals surface area contributed by atoms with Crippen molar-refractivity contribution in [3.63, 3.8) is 0 Å². The van der Waals surface area contributed by atoms with Crippen LogP contribution in [-0.2, 0) is 9.53 Å². The van der Waals surface area contributed by atoms with Gasteiger partial charge in [-0.05, 0) is 37.1 Å². The number of carbonyl (C=O) groups is 1. The van der Waals surface area contributed by atoms with Gasteiger partial charge in [0.25, 0.3) is 0 Å². The third kappa shape index (κ3) is 3.44. The molecule has 1 aromatic carbocycles. The summed E-state index contributed by atoms with van der Waals surface area (Å²) in [6, 6.07) is 7.35. The van der Waals surface area contributed by atoms with Gasteiger partial charge >= 0.3 is 0 Å². The summed E-state index contributed by atoms with van der Waals surface area (Å²) in [6.07, 6.45) is 4.44. The van der Waals surface area contributed by atoms with E-state index in [0.29, 0.717) is 31.7 Å². The van der Waals surface area contributed by atoms with Crippen LogP contribution < -0.4 is 11.1 Å². The van der Waals surface area contributed by atoms with Gasteiger partial charge in [-0.2, -0.15) is 0 Å². The molecule has 0 unspecified atom stereocenters. The molecule has 2 aromatic rings. The second-order valence-electron chi connectivity index (χ2n) is 5.12. The normalized spacial score (nSPS) is 16.6. The first-order chi connectivity index (χ1) is 10.2. The molecule has 7 nitrogen and oxygen atoms in total. The van der Waals surface area contributed by atoms with Crippen molar-refractivity contribution in [1.82, 2.24) is 15.0 Å². The third-order valence-electron chi connectivity index (χ3n) is 3.65. The highest BCUT2D eigenvalue weighted by molar-refractivity contribution is 5.98. The first-order valence-electron chi connectivity index (χ1n) is 6.82. The highest BCUT2D eigenvalue weighted by Crippen LogP contribution is 2.20. The number of benzene rings is 1. The Morgan fingerprint density at radius 1 is 1.27 bits per heavy atom. The first kappa shape index (κ1) is 16.4. The van der Waals surface area contributed by atoms with Crippen LogP contribution in [0.1, 0.15) is 12.8 Å². The van der Waals surface area contributed by atoms with Gasteiger partial charge in [0, 0.05) is 18.9 Å². The standard InChI is InChI=1S/C14H17N5O2.ClH/c15-14(5-9-21-10-6-14)13(20)17-11-1-3-12(4-2-11)19-8-7-16-18-19;/h1-4,7-8H,5-6,9-10,15H2,(H,17,20);1H. The van der Waals surface area contributed by atoms with Crippen LogP contribution >= 0.6 is 12.4 Å². The van der Waals surface area contributed by atoms with Crippen molar-refractivity contribution in [1.29, 1.82) is 0 Å². The number of hydrogen-bond donors (Lipinski definition) is 2. The number of ether oxygens (including phenoxy) is 1. The molecule has 1 fully saturated rings. The average Bonchev–Trinajstić information content (AvgIpc) is 3.03. The maximum absolute atomic E-state index is 12.3. The summed E-state index contributed by atoms with van der Waals surface area (Å²) in [5.74, 6) is -0.167. The molecule has 2 heterocycles. The number of aromatic nitrogens is 3. The number of hydrogen-bond acceptors (Lipinski definition) is 5. The van der Waals surface area contributed by atoms with E-state index in [0.717, 1.165) is 5.69 Å². The smallest absolute Gasteiger partial charge is 0.244 e. The summed E-state index contributed by atoms with van der Waals surface area (Å²) in [5.41, 5.74) is 6.88. The number of nitrogens with zero attached hydrogens (tertiary/aromatic N) is 3.